The molecule has 0 saturated heterocycles. The minimum atomic E-state index is 0.608. The molecule has 0 aliphatic heterocycles. The Kier molecular flexibility index (Phi) is 5.81. The topological polar surface area (TPSA) is 30.5 Å². The van der Waals surface area contributed by atoms with Gasteiger partial charge in [0.05, 0.1) is 6.61 Å². The molecule has 0 bridgehead atoms. The van der Waals surface area contributed by atoms with E-state index in [9.17, 15) is 0 Å². The zero-order valence-corrected chi connectivity index (χ0v) is 9.45. The molecule has 0 radical (unpaired) electrons. The van der Waals surface area contributed by atoms with Crippen LogP contribution in [0.3, 0.4) is 0 Å². The predicted octanol–water partition coefficient (Wildman–Crippen LogP) is 1.82. The second-order valence-corrected chi connectivity index (χ2v) is 3.22. The highest BCUT2D eigenvalue weighted by Gasteiger charge is 1.95. The fraction of sp³-hybridized carbons (Fsp3) is 0.500. The number of ether oxygens (including phenoxy) is 2. The van der Waals surface area contributed by atoms with Gasteiger partial charge in [-0.3, -0.25) is 0 Å². The lowest BCUT2D eigenvalue weighted by molar-refractivity contribution is 0.110. The quantitative estimate of drug-likeness (QED) is 0.695. The first-order valence-electron chi connectivity index (χ1n) is 5.31. The van der Waals surface area contributed by atoms with Crippen LogP contribution in [0, 0.1) is 0 Å². The van der Waals surface area contributed by atoms with Crippen molar-refractivity contribution < 1.29 is 9.47 Å². The molecule has 0 atom stereocenters. The average Bonchev–Trinajstić information content (AvgIpc) is 2.26. The van der Waals surface area contributed by atoms with E-state index in [1.54, 1.807) is 0 Å². The lowest BCUT2D eigenvalue weighted by atomic mass is 10.2. The average molecular weight is 209 g/mol. The Morgan fingerprint density at radius 1 is 1.27 bits per heavy atom. The summed E-state index contributed by atoms with van der Waals surface area (Å²) in [5.74, 6) is 0.905. The van der Waals surface area contributed by atoms with E-state index >= 15 is 0 Å². The van der Waals surface area contributed by atoms with Crippen LogP contribution >= 0.6 is 0 Å². The van der Waals surface area contributed by atoms with Gasteiger partial charge in [0.2, 0.25) is 0 Å². The molecule has 1 N–H and O–H groups in total. The zero-order valence-electron chi connectivity index (χ0n) is 9.45. The smallest absolute Gasteiger partial charge is 0.119 e. The van der Waals surface area contributed by atoms with Gasteiger partial charge in [0.15, 0.2) is 0 Å². The molecule has 1 aromatic carbocycles. The van der Waals surface area contributed by atoms with Crippen LogP contribution in [0.2, 0.25) is 0 Å². The van der Waals surface area contributed by atoms with Crippen LogP contribution in [0.25, 0.3) is 0 Å². The first kappa shape index (κ1) is 12.0. The fourth-order valence-electron chi connectivity index (χ4n) is 1.31. The Morgan fingerprint density at radius 2 is 2.13 bits per heavy atom. The van der Waals surface area contributed by atoms with Crippen molar-refractivity contribution in [3.63, 3.8) is 0 Å². The molecular formula is C12H19NO2. The van der Waals surface area contributed by atoms with Gasteiger partial charge in [-0.2, -0.15) is 0 Å². The molecule has 0 saturated carbocycles. The molecule has 0 amide bonds. The van der Waals surface area contributed by atoms with Gasteiger partial charge in [-0.05, 0) is 31.7 Å². The van der Waals surface area contributed by atoms with Crippen molar-refractivity contribution in [3.8, 4) is 5.75 Å². The Hall–Kier alpha value is -1.06. The molecule has 3 nitrogen and oxygen atoms in total. The largest absolute Gasteiger partial charge is 0.491 e. The van der Waals surface area contributed by atoms with Crippen molar-refractivity contribution in [1.29, 1.82) is 0 Å². The molecule has 84 valence electrons. The number of hydrogen-bond donors (Lipinski definition) is 1. The van der Waals surface area contributed by atoms with Gasteiger partial charge < -0.3 is 14.8 Å². The molecule has 1 rings (SSSR count). The van der Waals surface area contributed by atoms with Crippen molar-refractivity contribution in [1.82, 2.24) is 5.32 Å². The fourth-order valence-corrected chi connectivity index (χ4v) is 1.31. The summed E-state index contributed by atoms with van der Waals surface area (Å²) < 4.78 is 10.7. The molecule has 1 aromatic rings. The van der Waals surface area contributed by atoms with Crippen LogP contribution in [0.15, 0.2) is 24.3 Å². The van der Waals surface area contributed by atoms with Gasteiger partial charge in [-0.15, -0.1) is 0 Å². The van der Waals surface area contributed by atoms with E-state index in [-0.39, 0.29) is 0 Å². The summed E-state index contributed by atoms with van der Waals surface area (Å²) in [5.41, 5.74) is 1.23. The maximum Gasteiger partial charge on any atom is 0.119 e. The molecule has 0 aromatic heterocycles. The van der Waals surface area contributed by atoms with E-state index in [0.29, 0.717) is 13.2 Å². The minimum Gasteiger partial charge on any atom is -0.491 e. The van der Waals surface area contributed by atoms with Crippen molar-refractivity contribution in [2.75, 3.05) is 26.9 Å². The van der Waals surface area contributed by atoms with Crippen LogP contribution in [0.5, 0.6) is 5.75 Å². The minimum absolute atomic E-state index is 0.608. The Labute approximate surface area is 91.4 Å². The summed E-state index contributed by atoms with van der Waals surface area (Å²) in [7, 11) is 1.93. The molecule has 15 heavy (non-hydrogen) atoms. The first-order valence-corrected chi connectivity index (χ1v) is 5.31. The van der Waals surface area contributed by atoms with Gasteiger partial charge in [-0.1, -0.05) is 12.1 Å². The van der Waals surface area contributed by atoms with Gasteiger partial charge in [0, 0.05) is 13.2 Å². The Balaban J connectivity index is 2.36. The summed E-state index contributed by atoms with van der Waals surface area (Å²) in [6.45, 7) is 4.84. The second-order valence-electron chi connectivity index (χ2n) is 3.22. The molecule has 0 aliphatic carbocycles. The lowest BCUT2D eigenvalue weighted by Gasteiger charge is -2.07. The molecule has 3 heteroatoms. The third-order valence-electron chi connectivity index (χ3n) is 1.98. The molecular weight excluding hydrogens is 190 g/mol. The first-order chi connectivity index (χ1) is 7.36. The molecule has 0 spiro atoms. The third kappa shape index (κ3) is 4.81. The van der Waals surface area contributed by atoms with Gasteiger partial charge in [0.25, 0.3) is 0 Å². The number of hydrogen-bond acceptors (Lipinski definition) is 3. The van der Waals surface area contributed by atoms with Crippen molar-refractivity contribution in [2.24, 2.45) is 0 Å². The Bertz CT molecular complexity index is 276. The summed E-state index contributed by atoms with van der Waals surface area (Å²) in [6.07, 6.45) is 0. The molecule has 0 aliphatic rings. The highest BCUT2D eigenvalue weighted by Crippen LogP contribution is 2.12. The lowest BCUT2D eigenvalue weighted by Crippen LogP contribution is -2.07. The van der Waals surface area contributed by atoms with Crippen molar-refractivity contribution in [3.05, 3.63) is 29.8 Å². The van der Waals surface area contributed by atoms with Gasteiger partial charge in [0.1, 0.15) is 12.4 Å². The van der Waals surface area contributed by atoms with Gasteiger partial charge >= 0.3 is 0 Å². The van der Waals surface area contributed by atoms with E-state index in [4.69, 9.17) is 9.47 Å². The maximum atomic E-state index is 5.54. The normalized spacial score (nSPS) is 10.3. The number of rotatable bonds is 7. The highest BCUT2D eigenvalue weighted by molar-refractivity contribution is 5.28. The molecule has 0 unspecified atom stereocenters. The van der Waals surface area contributed by atoms with Crippen molar-refractivity contribution in [2.45, 2.75) is 13.5 Å². The van der Waals surface area contributed by atoms with Crippen molar-refractivity contribution >= 4 is 0 Å². The SMILES string of the molecule is CCOCCOc1cccc(CNC)c1. The molecule has 0 heterocycles. The molecule has 0 fully saturated rings. The summed E-state index contributed by atoms with van der Waals surface area (Å²) in [6, 6.07) is 8.09. The Morgan fingerprint density at radius 3 is 2.87 bits per heavy atom. The van der Waals surface area contributed by atoms with E-state index in [2.05, 4.69) is 11.4 Å². The number of benzene rings is 1. The maximum absolute atomic E-state index is 5.54. The summed E-state index contributed by atoms with van der Waals surface area (Å²) in [4.78, 5) is 0. The van der Waals surface area contributed by atoms with Crippen LogP contribution in [-0.4, -0.2) is 26.9 Å². The van der Waals surface area contributed by atoms with Crippen LogP contribution < -0.4 is 10.1 Å². The second kappa shape index (κ2) is 7.26. The predicted molar refractivity (Wildman–Crippen MR) is 61.2 cm³/mol. The summed E-state index contributed by atoms with van der Waals surface area (Å²) in [5, 5.41) is 3.11. The van der Waals surface area contributed by atoms with Gasteiger partial charge in [-0.25, -0.2) is 0 Å². The van der Waals surface area contributed by atoms with Crippen LogP contribution in [0.1, 0.15) is 12.5 Å². The third-order valence-corrected chi connectivity index (χ3v) is 1.98. The highest BCUT2D eigenvalue weighted by atomic mass is 16.5. The standard InChI is InChI=1S/C12H19NO2/c1-3-14-7-8-15-12-6-4-5-11(9-12)10-13-2/h4-6,9,13H,3,7-8,10H2,1-2H3. The summed E-state index contributed by atoms with van der Waals surface area (Å²) >= 11 is 0. The van der Waals surface area contributed by atoms with E-state index in [1.165, 1.54) is 5.56 Å². The van der Waals surface area contributed by atoms with E-state index in [0.717, 1.165) is 18.9 Å². The van der Waals surface area contributed by atoms with E-state index < -0.39 is 0 Å². The monoisotopic (exact) mass is 209 g/mol. The number of nitrogens with one attached hydrogen (secondary N) is 1. The zero-order chi connectivity index (χ0) is 10.9. The van der Waals surface area contributed by atoms with Crippen LogP contribution in [-0.2, 0) is 11.3 Å². The van der Waals surface area contributed by atoms with Crippen LogP contribution in [0.4, 0.5) is 0 Å². The van der Waals surface area contributed by atoms with E-state index in [1.807, 2.05) is 32.2 Å².